The minimum Gasteiger partial charge on any atom is -0.497 e. The summed E-state index contributed by atoms with van der Waals surface area (Å²) in [5, 5.41) is 11.8. The minimum absolute atomic E-state index is 0.0236. The van der Waals surface area contributed by atoms with E-state index in [9.17, 15) is 18.3 Å². The Hall–Kier alpha value is -4.28. The number of carbonyl (C=O) groups excluding carboxylic acids is 1. The van der Waals surface area contributed by atoms with Crippen LogP contribution >= 0.6 is 0 Å². The molecule has 1 aromatic heterocycles. The van der Waals surface area contributed by atoms with E-state index in [1.807, 2.05) is 36.0 Å². The van der Waals surface area contributed by atoms with E-state index in [0.717, 1.165) is 24.8 Å². The molecule has 2 atom stereocenters. The van der Waals surface area contributed by atoms with Crippen molar-refractivity contribution in [1.82, 2.24) is 9.29 Å². The van der Waals surface area contributed by atoms with Crippen LogP contribution in [0.4, 0.5) is 0 Å². The zero-order chi connectivity index (χ0) is 32.1. The van der Waals surface area contributed by atoms with E-state index >= 15 is 0 Å². The number of aliphatic hydroxyl groups is 1. The van der Waals surface area contributed by atoms with Gasteiger partial charge in [-0.3, -0.25) is 4.79 Å². The van der Waals surface area contributed by atoms with Gasteiger partial charge in [0.25, 0.3) is 10.0 Å². The number of ether oxygens (including phenoxy) is 3. The Morgan fingerprint density at radius 2 is 1.58 bits per heavy atom. The molecule has 0 aliphatic heterocycles. The van der Waals surface area contributed by atoms with Crippen LogP contribution in [-0.4, -0.2) is 45.3 Å². The fourth-order valence-electron chi connectivity index (χ4n) is 6.26. The molecule has 238 valence electrons. The Labute approximate surface area is 264 Å². The van der Waals surface area contributed by atoms with Gasteiger partial charge < -0.3 is 23.9 Å². The predicted octanol–water partition coefficient (Wildman–Crippen LogP) is 5.02. The molecule has 0 bridgehead atoms. The maximum Gasteiger partial charge on any atom is 0.264 e. The molecule has 0 saturated heterocycles. The van der Waals surface area contributed by atoms with Gasteiger partial charge in [0.15, 0.2) is 0 Å². The average Bonchev–Trinajstić information content (AvgIpc) is 3.66. The van der Waals surface area contributed by atoms with Crippen LogP contribution in [0.25, 0.3) is 0 Å². The van der Waals surface area contributed by atoms with Crippen molar-refractivity contribution in [3.05, 3.63) is 107 Å². The number of benzene rings is 3. The number of aliphatic hydroxyl groups excluding tert-OH is 1. The lowest BCUT2D eigenvalue weighted by Crippen LogP contribution is -2.31. The van der Waals surface area contributed by atoms with Gasteiger partial charge in [0.05, 0.1) is 38.7 Å². The number of methoxy groups -OCH3 is 3. The summed E-state index contributed by atoms with van der Waals surface area (Å²) in [6.07, 6.45) is 5.47. The van der Waals surface area contributed by atoms with Crippen molar-refractivity contribution in [2.45, 2.75) is 50.2 Å². The Bertz CT molecular complexity index is 1700. The molecule has 4 aromatic rings. The van der Waals surface area contributed by atoms with Gasteiger partial charge in [0.1, 0.15) is 17.2 Å². The number of hydrogen-bond acceptors (Lipinski definition) is 7. The molecule has 5 rings (SSSR count). The third-order valence-corrected chi connectivity index (χ3v) is 9.96. The summed E-state index contributed by atoms with van der Waals surface area (Å²) in [6, 6.07) is 19.8. The van der Waals surface area contributed by atoms with E-state index in [1.165, 1.54) is 42.5 Å². The monoisotopic (exact) mass is 632 g/mol. The molecular weight excluding hydrogens is 592 g/mol. The van der Waals surface area contributed by atoms with E-state index < -0.39 is 22.0 Å². The van der Waals surface area contributed by atoms with Gasteiger partial charge in [0.2, 0.25) is 5.91 Å². The first-order valence-electron chi connectivity index (χ1n) is 14.9. The largest absolute Gasteiger partial charge is 0.497 e. The number of rotatable bonds is 13. The van der Waals surface area contributed by atoms with Crippen LogP contribution in [0.15, 0.2) is 84.0 Å². The fraction of sp³-hybridized carbons (Fsp3) is 0.343. The lowest BCUT2D eigenvalue weighted by atomic mass is 9.85. The van der Waals surface area contributed by atoms with E-state index in [1.54, 1.807) is 20.3 Å². The summed E-state index contributed by atoms with van der Waals surface area (Å²) in [6.45, 7) is 2.42. The van der Waals surface area contributed by atoms with Crippen LogP contribution in [0, 0.1) is 18.8 Å². The molecular formula is C35H40N2O7S. The van der Waals surface area contributed by atoms with Crippen LogP contribution in [0.5, 0.6) is 17.2 Å². The van der Waals surface area contributed by atoms with Gasteiger partial charge in [0, 0.05) is 30.4 Å². The topological polar surface area (TPSA) is 116 Å². The Balaban J connectivity index is 1.32. The molecule has 9 nitrogen and oxygen atoms in total. The molecule has 2 N–H and O–H groups in total. The summed E-state index contributed by atoms with van der Waals surface area (Å²) >= 11 is 0. The number of nitrogens with one attached hydrogen (secondary N) is 1. The van der Waals surface area contributed by atoms with Gasteiger partial charge in [-0.1, -0.05) is 24.3 Å². The zero-order valence-electron chi connectivity index (χ0n) is 26.0. The molecule has 0 saturated carbocycles. The minimum atomic E-state index is -4.02. The van der Waals surface area contributed by atoms with Crippen molar-refractivity contribution >= 4 is 15.9 Å². The summed E-state index contributed by atoms with van der Waals surface area (Å²) < 4.78 is 45.8. The zero-order valence-corrected chi connectivity index (χ0v) is 26.8. The number of aromatic nitrogens is 1. The van der Waals surface area contributed by atoms with E-state index in [2.05, 4.69) is 29.0 Å². The number of amides is 1. The predicted molar refractivity (Wildman–Crippen MR) is 171 cm³/mol. The molecule has 0 radical (unpaired) electrons. The van der Waals surface area contributed by atoms with E-state index in [4.69, 9.17) is 14.2 Å². The molecule has 1 heterocycles. The number of carbonyl (C=O) groups is 1. The molecule has 1 aliphatic carbocycles. The van der Waals surface area contributed by atoms with Crippen molar-refractivity contribution in [2.24, 2.45) is 11.8 Å². The lowest BCUT2D eigenvalue weighted by Gasteiger charge is -2.27. The summed E-state index contributed by atoms with van der Waals surface area (Å²) in [4.78, 5) is 12.7. The fourth-order valence-corrected chi connectivity index (χ4v) is 7.25. The quantitative estimate of drug-likeness (QED) is 0.213. The van der Waals surface area contributed by atoms with Crippen molar-refractivity contribution in [3.63, 3.8) is 0 Å². The van der Waals surface area contributed by atoms with Gasteiger partial charge in [-0.25, -0.2) is 13.1 Å². The third-order valence-electron chi connectivity index (χ3n) is 8.57. The van der Waals surface area contributed by atoms with Gasteiger partial charge in [-0.05, 0) is 96.8 Å². The number of nitrogens with zero attached hydrogens (tertiary/aromatic N) is 1. The van der Waals surface area contributed by atoms with Crippen LogP contribution < -0.4 is 18.9 Å². The maximum atomic E-state index is 12.7. The van der Waals surface area contributed by atoms with E-state index in [0.29, 0.717) is 40.8 Å². The first kappa shape index (κ1) is 32.1. The molecule has 0 unspecified atom stereocenters. The highest BCUT2D eigenvalue weighted by molar-refractivity contribution is 7.90. The Morgan fingerprint density at radius 3 is 2.16 bits per heavy atom. The lowest BCUT2D eigenvalue weighted by molar-refractivity contribution is -0.118. The van der Waals surface area contributed by atoms with Crippen molar-refractivity contribution in [3.8, 4) is 17.2 Å². The summed E-state index contributed by atoms with van der Waals surface area (Å²) in [5.41, 5.74) is 4.95. The number of sulfonamides is 1. The maximum absolute atomic E-state index is 12.7. The second kappa shape index (κ2) is 13.8. The first-order valence-corrected chi connectivity index (χ1v) is 16.4. The standard InChI is InChI=1S/C35H40N2O7S/c1-23-32(43-3)19-28(20-33(23)44-4)35(39)29(17-25-15-26-7-5-6-8-27(26)16-25)22-37-14-13-24(21-37)18-34(38)36-45(40,41)31-11-9-30(42-2)10-12-31/h5-14,19-21,25,29,35,39H,15-18,22H2,1-4H3,(H,36,38)/t29-,35-/m1/s1. The van der Waals surface area contributed by atoms with Crippen LogP contribution in [0.3, 0.4) is 0 Å². The first-order chi connectivity index (χ1) is 21.6. The second-order valence-electron chi connectivity index (χ2n) is 11.6. The van der Waals surface area contributed by atoms with Crippen LogP contribution in [-0.2, 0) is 40.6 Å². The average molecular weight is 633 g/mol. The van der Waals surface area contributed by atoms with Gasteiger partial charge in [-0.2, -0.15) is 0 Å². The SMILES string of the molecule is COc1ccc(S(=O)(=O)NC(=O)Cc2ccn(C[C@@H](CC3Cc4ccccc4C3)[C@H](O)c3cc(OC)c(C)c(OC)c3)c2)cc1. The molecule has 0 spiro atoms. The van der Waals surface area contributed by atoms with Gasteiger partial charge >= 0.3 is 0 Å². The highest BCUT2D eigenvalue weighted by Gasteiger charge is 2.30. The Morgan fingerprint density at radius 1 is 0.956 bits per heavy atom. The molecule has 1 aliphatic rings. The molecule has 10 heteroatoms. The Kier molecular flexibility index (Phi) is 9.84. The number of hydrogen-bond donors (Lipinski definition) is 2. The molecule has 45 heavy (non-hydrogen) atoms. The normalized spacial score (nSPS) is 14.4. The highest BCUT2D eigenvalue weighted by Crippen LogP contribution is 2.39. The molecule has 1 amide bonds. The van der Waals surface area contributed by atoms with Crippen molar-refractivity contribution in [2.75, 3.05) is 21.3 Å². The molecule has 3 aromatic carbocycles. The highest BCUT2D eigenvalue weighted by atomic mass is 32.2. The van der Waals surface area contributed by atoms with Gasteiger partial charge in [-0.15, -0.1) is 0 Å². The molecule has 0 fully saturated rings. The van der Waals surface area contributed by atoms with Crippen LogP contribution in [0.2, 0.25) is 0 Å². The number of fused-ring (bicyclic) bond motifs is 1. The summed E-state index contributed by atoms with van der Waals surface area (Å²) in [7, 11) is 0.670. The van der Waals surface area contributed by atoms with Crippen LogP contribution in [0.1, 0.15) is 40.3 Å². The smallest absolute Gasteiger partial charge is 0.264 e. The second-order valence-corrected chi connectivity index (χ2v) is 13.3. The summed E-state index contributed by atoms with van der Waals surface area (Å²) in [5.74, 6) is 1.39. The third kappa shape index (κ3) is 7.51. The van der Waals surface area contributed by atoms with E-state index in [-0.39, 0.29) is 17.2 Å². The van der Waals surface area contributed by atoms with Crippen molar-refractivity contribution < 1.29 is 32.5 Å². The van der Waals surface area contributed by atoms with Crippen molar-refractivity contribution in [1.29, 1.82) is 0 Å².